The van der Waals surface area contributed by atoms with Crippen LogP contribution < -0.4 is 5.11 Å². The molecular weight excluding hydrogens is 310 g/mol. The monoisotopic (exact) mass is 347 g/mol. The average Bonchev–Trinajstić information content (AvgIpc) is 2.56. The summed E-state index contributed by atoms with van der Waals surface area (Å²) in [4.78, 5) is 10.4. The van der Waals surface area contributed by atoms with E-state index in [1.54, 1.807) is 18.2 Å². The summed E-state index contributed by atoms with van der Waals surface area (Å²) in [6.45, 7) is 7.09. The number of carboxylic acids is 1. The van der Waals surface area contributed by atoms with Crippen molar-refractivity contribution in [1.82, 2.24) is 0 Å². The zero-order valence-corrected chi connectivity index (χ0v) is 16.7. The molecule has 0 aromatic heterocycles. The lowest BCUT2D eigenvalue weighted by atomic mass is 10.1. The van der Waals surface area contributed by atoms with Crippen LogP contribution in [0, 0.1) is 0 Å². The molecule has 1 aromatic carbocycles. The molecule has 0 aliphatic carbocycles. The van der Waals surface area contributed by atoms with Gasteiger partial charge in [0.1, 0.15) is 0 Å². The number of carbonyl (C=O) groups is 1. The molecule has 0 saturated carbocycles. The number of aromatic carboxylic acids is 1. The Labute approximate surface area is 155 Å². The van der Waals surface area contributed by atoms with Gasteiger partial charge in [0.05, 0.1) is 33.7 Å². The zero-order chi connectivity index (χ0) is 19.1. The number of hydrogen-bond acceptors (Lipinski definition) is 2. The van der Waals surface area contributed by atoms with Crippen molar-refractivity contribution in [3.05, 3.63) is 42.0 Å². The van der Waals surface area contributed by atoms with Crippen LogP contribution in [0.4, 0.5) is 0 Å². The van der Waals surface area contributed by atoms with E-state index in [0.717, 1.165) is 4.48 Å². The number of carbonyl (C=O) groups excluding carboxylic acids is 1. The Kier molecular flexibility index (Phi) is 12.8. The Hall–Kier alpha value is -1.61. The molecule has 0 unspecified atom stereocenters. The van der Waals surface area contributed by atoms with E-state index in [9.17, 15) is 9.90 Å². The first kappa shape index (κ1) is 23.4. The number of benzene rings is 1. The van der Waals surface area contributed by atoms with Gasteiger partial charge in [0.25, 0.3) is 0 Å². The molecule has 0 aliphatic heterocycles. The Morgan fingerprint density at radius 3 is 1.96 bits per heavy atom. The van der Waals surface area contributed by atoms with Gasteiger partial charge in [0, 0.05) is 5.56 Å². The second-order valence-corrected chi connectivity index (χ2v) is 7.57. The van der Waals surface area contributed by atoms with Crippen LogP contribution >= 0.6 is 0 Å². The van der Waals surface area contributed by atoms with Gasteiger partial charge < -0.3 is 14.4 Å². The van der Waals surface area contributed by atoms with Crippen LogP contribution in [0.25, 0.3) is 6.08 Å². The summed E-state index contributed by atoms with van der Waals surface area (Å²) in [5.41, 5.74) is 0.773. The normalized spacial score (nSPS) is 10.7. The predicted octanol–water partition coefficient (Wildman–Crippen LogP) is 4.53. The minimum Gasteiger partial charge on any atom is -0.545 e. The maximum Gasteiger partial charge on any atom is 0.0780 e. The van der Waals surface area contributed by atoms with Gasteiger partial charge in [-0.2, -0.15) is 0 Å². The first-order valence-corrected chi connectivity index (χ1v) is 9.55. The number of rotatable bonds is 11. The van der Waals surface area contributed by atoms with E-state index in [1.165, 1.54) is 70.1 Å². The Morgan fingerprint density at radius 1 is 1.00 bits per heavy atom. The summed E-state index contributed by atoms with van der Waals surface area (Å²) in [7, 11) is 6.84. The van der Waals surface area contributed by atoms with Gasteiger partial charge in [-0.15, -0.1) is 0 Å². The summed E-state index contributed by atoms with van der Waals surface area (Å²) in [6.07, 6.45) is 12.9. The van der Waals surface area contributed by atoms with Gasteiger partial charge in [-0.05, 0) is 18.4 Å². The van der Waals surface area contributed by atoms with E-state index in [4.69, 9.17) is 0 Å². The van der Waals surface area contributed by atoms with Crippen LogP contribution in [0.3, 0.4) is 0 Å². The molecule has 0 saturated heterocycles. The molecule has 0 N–H and O–H groups in total. The maximum atomic E-state index is 10.4. The van der Waals surface area contributed by atoms with Crippen molar-refractivity contribution in [3.63, 3.8) is 0 Å². The largest absolute Gasteiger partial charge is 0.545 e. The SMILES string of the molecule is C=Cc1ccccc1C(=O)[O-].CCCCCCCCCC[N+](C)(C)C. The molecule has 3 nitrogen and oxygen atoms in total. The van der Waals surface area contributed by atoms with E-state index < -0.39 is 5.97 Å². The van der Waals surface area contributed by atoms with Crippen molar-refractivity contribution in [2.24, 2.45) is 0 Å². The van der Waals surface area contributed by atoms with Crippen molar-refractivity contribution in [2.45, 2.75) is 58.3 Å². The second kappa shape index (κ2) is 13.7. The van der Waals surface area contributed by atoms with Crippen LogP contribution in [0.5, 0.6) is 0 Å². The molecule has 0 bridgehead atoms. The number of carboxylic acid groups (broad SMARTS) is 1. The van der Waals surface area contributed by atoms with E-state index in [-0.39, 0.29) is 5.56 Å². The van der Waals surface area contributed by atoms with E-state index in [0.29, 0.717) is 5.56 Å². The minimum atomic E-state index is -1.17. The highest BCUT2D eigenvalue weighted by Crippen LogP contribution is 2.09. The number of nitrogens with zero attached hydrogens (tertiary/aromatic N) is 1. The molecule has 25 heavy (non-hydrogen) atoms. The highest BCUT2D eigenvalue weighted by atomic mass is 16.4. The maximum absolute atomic E-state index is 10.4. The topological polar surface area (TPSA) is 40.1 Å². The van der Waals surface area contributed by atoms with Gasteiger partial charge >= 0.3 is 0 Å². The van der Waals surface area contributed by atoms with Crippen LogP contribution in [-0.4, -0.2) is 38.1 Å². The molecule has 0 aliphatic rings. The van der Waals surface area contributed by atoms with E-state index in [2.05, 4.69) is 34.6 Å². The molecule has 1 rings (SSSR count). The first-order valence-electron chi connectivity index (χ1n) is 9.55. The van der Waals surface area contributed by atoms with Gasteiger partial charge in [-0.25, -0.2) is 0 Å². The summed E-state index contributed by atoms with van der Waals surface area (Å²) >= 11 is 0. The Morgan fingerprint density at radius 2 is 1.52 bits per heavy atom. The van der Waals surface area contributed by atoms with Crippen LogP contribution in [-0.2, 0) is 0 Å². The third-order valence-electron chi connectivity index (χ3n) is 4.08. The Balaban J connectivity index is 0.000000472. The molecule has 0 radical (unpaired) electrons. The van der Waals surface area contributed by atoms with Crippen molar-refractivity contribution >= 4 is 12.0 Å². The van der Waals surface area contributed by atoms with Crippen LogP contribution in [0.15, 0.2) is 30.8 Å². The lowest BCUT2D eigenvalue weighted by Crippen LogP contribution is -2.35. The van der Waals surface area contributed by atoms with E-state index in [1.807, 2.05) is 0 Å². The summed E-state index contributed by atoms with van der Waals surface area (Å²) in [5.74, 6) is -1.17. The van der Waals surface area contributed by atoms with Gasteiger partial charge in [0.2, 0.25) is 0 Å². The van der Waals surface area contributed by atoms with Crippen molar-refractivity contribution in [1.29, 1.82) is 0 Å². The highest BCUT2D eigenvalue weighted by Gasteiger charge is 2.04. The summed E-state index contributed by atoms with van der Waals surface area (Å²) in [5, 5.41) is 10.4. The fraction of sp³-hybridized carbons (Fsp3) is 0.591. The summed E-state index contributed by atoms with van der Waals surface area (Å²) < 4.78 is 1.12. The van der Waals surface area contributed by atoms with Gasteiger partial charge in [-0.1, -0.05) is 82.4 Å². The third-order valence-corrected chi connectivity index (χ3v) is 4.08. The zero-order valence-electron chi connectivity index (χ0n) is 16.7. The molecular formula is C22H37NO2. The lowest BCUT2D eigenvalue weighted by Gasteiger charge is -2.23. The Bertz CT molecular complexity index is 489. The molecule has 0 heterocycles. The second-order valence-electron chi connectivity index (χ2n) is 7.57. The molecule has 0 spiro atoms. The standard InChI is InChI=1S/C13H30N.C9H8O2/c1-5-6-7-8-9-10-11-12-13-14(2,3)4;1-2-7-5-3-4-6-8(7)9(10)11/h5-13H2,1-4H3;2-6H,1H2,(H,10,11)/q+1;/p-1. The predicted molar refractivity (Wildman–Crippen MR) is 106 cm³/mol. The quantitative estimate of drug-likeness (QED) is 0.436. The van der Waals surface area contributed by atoms with E-state index >= 15 is 0 Å². The van der Waals surface area contributed by atoms with Crippen LogP contribution in [0.1, 0.15) is 74.2 Å². The van der Waals surface area contributed by atoms with Crippen molar-refractivity contribution in [3.8, 4) is 0 Å². The molecule has 0 fully saturated rings. The number of quaternary nitrogens is 1. The number of unbranched alkanes of at least 4 members (excludes halogenated alkanes) is 7. The molecule has 0 atom stereocenters. The molecule has 0 amide bonds. The van der Waals surface area contributed by atoms with Crippen molar-refractivity contribution < 1.29 is 14.4 Å². The number of hydrogen-bond donors (Lipinski definition) is 0. The molecule has 3 heteroatoms. The minimum absolute atomic E-state index is 0.183. The lowest BCUT2D eigenvalue weighted by molar-refractivity contribution is -0.870. The molecule has 142 valence electrons. The highest BCUT2D eigenvalue weighted by molar-refractivity contribution is 5.90. The van der Waals surface area contributed by atoms with Gasteiger partial charge in [-0.3, -0.25) is 0 Å². The smallest absolute Gasteiger partial charge is 0.0780 e. The first-order chi connectivity index (χ1) is 11.8. The van der Waals surface area contributed by atoms with Crippen molar-refractivity contribution in [2.75, 3.05) is 27.7 Å². The molecule has 1 aromatic rings. The third kappa shape index (κ3) is 13.4. The average molecular weight is 348 g/mol. The fourth-order valence-corrected chi connectivity index (χ4v) is 2.58. The fourth-order valence-electron chi connectivity index (χ4n) is 2.58. The van der Waals surface area contributed by atoms with Crippen LogP contribution in [0.2, 0.25) is 0 Å². The van der Waals surface area contributed by atoms with Gasteiger partial charge in [0.15, 0.2) is 0 Å². The summed E-state index contributed by atoms with van der Waals surface area (Å²) in [6, 6.07) is 6.58.